The van der Waals surface area contributed by atoms with Crippen LogP contribution in [-0.2, 0) is 44.4 Å². The molecule has 9 heteroatoms. The van der Waals surface area contributed by atoms with Crippen LogP contribution in [0.1, 0.15) is 17.4 Å². The molecule has 38 heavy (non-hydrogen) atoms. The number of hydrogen-bond donors (Lipinski definition) is 0. The van der Waals surface area contributed by atoms with Gasteiger partial charge in [0.2, 0.25) is 0 Å². The number of benzene rings is 2. The Labute approximate surface area is 224 Å². The second-order valence-electron chi connectivity index (χ2n) is 9.61. The number of nitrogens with zero attached hydrogens (tertiary/aromatic N) is 1. The quantitative estimate of drug-likeness (QED) is 0.594. The van der Waals surface area contributed by atoms with Crippen LogP contribution < -0.4 is 0 Å². The fraction of sp³-hybridized carbons (Fsp3) is 0.586. The molecule has 2 aromatic carbocycles. The summed E-state index contributed by atoms with van der Waals surface area (Å²) in [5, 5.41) is 0. The molecule has 0 radical (unpaired) electrons. The van der Waals surface area contributed by atoms with Crippen molar-refractivity contribution in [3.8, 4) is 0 Å². The molecule has 0 spiro atoms. The molecular weight excluding hydrogens is 490 g/mol. The zero-order valence-corrected chi connectivity index (χ0v) is 22.0. The van der Waals surface area contributed by atoms with Gasteiger partial charge >= 0.3 is 0 Å². The summed E-state index contributed by atoms with van der Waals surface area (Å²) in [5.74, 6) is 0. The lowest BCUT2D eigenvalue weighted by Crippen LogP contribution is -2.63. The summed E-state index contributed by atoms with van der Waals surface area (Å²) in [6, 6.07) is 20.3. The molecule has 0 bridgehead atoms. The standard InChI is InChI=1S/C29H39NO8/c1-31-29-27-26(25-24(37-29)21-36-28(38-25)23-10-6-3-7-11-23)34-18-16-32-14-12-30(13-15-33-17-19-35-27)20-22-8-4-2-5-9-22/h2-11,24-29H,12-21H2,1H3/t24-,25-,26+,27-,28?,29+/m1/s1. The van der Waals surface area contributed by atoms with Gasteiger partial charge in [-0.05, 0) is 5.56 Å². The van der Waals surface area contributed by atoms with Gasteiger partial charge in [-0.3, -0.25) is 4.90 Å². The zero-order valence-electron chi connectivity index (χ0n) is 22.0. The van der Waals surface area contributed by atoms with Gasteiger partial charge in [0.05, 0.1) is 46.2 Å². The van der Waals surface area contributed by atoms with Crippen molar-refractivity contribution >= 4 is 0 Å². The van der Waals surface area contributed by atoms with Gasteiger partial charge in [0.1, 0.15) is 24.4 Å². The summed E-state index contributed by atoms with van der Waals surface area (Å²) < 4.78 is 48.8. The van der Waals surface area contributed by atoms with E-state index in [9.17, 15) is 0 Å². The molecule has 3 aliphatic rings. The first-order valence-electron chi connectivity index (χ1n) is 13.5. The highest BCUT2D eigenvalue weighted by Crippen LogP contribution is 2.36. The summed E-state index contributed by atoms with van der Waals surface area (Å²) >= 11 is 0. The van der Waals surface area contributed by atoms with Crippen molar-refractivity contribution in [1.29, 1.82) is 0 Å². The molecule has 9 nitrogen and oxygen atoms in total. The lowest BCUT2D eigenvalue weighted by molar-refractivity contribution is -0.368. The van der Waals surface area contributed by atoms with E-state index in [1.807, 2.05) is 36.4 Å². The van der Waals surface area contributed by atoms with Crippen LogP contribution in [0.5, 0.6) is 0 Å². The minimum absolute atomic E-state index is 0.337. The highest BCUT2D eigenvalue weighted by atomic mass is 16.8. The van der Waals surface area contributed by atoms with Crippen LogP contribution in [0.3, 0.4) is 0 Å². The maximum absolute atomic E-state index is 6.41. The van der Waals surface area contributed by atoms with E-state index in [0.717, 1.165) is 25.2 Å². The fourth-order valence-electron chi connectivity index (χ4n) is 5.07. The SMILES string of the molecule is CO[C@H]1O[C@@H]2COC(c3ccccc3)O[C@H]2[C@@H]2OCCOCCN(Cc3ccccc3)CCOCCO[C@@H]12. The molecule has 2 aromatic rings. The van der Waals surface area contributed by atoms with Crippen LogP contribution in [0.2, 0.25) is 0 Å². The number of methoxy groups -OCH3 is 1. The van der Waals surface area contributed by atoms with E-state index < -0.39 is 24.8 Å². The third-order valence-electron chi connectivity index (χ3n) is 7.02. The average Bonchev–Trinajstić information content (AvgIpc) is 2.97. The summed E-state index contributed by atoms with van der Waals surface area (Å²) in [7, 11) is 1.61. The largest absolute Gasteiger partial charge is 0.378 e. The van der Waals surface area contributed by atoms with E-state index >= 15 is 0 Å². The Balaban J connectivity index is 1.23. The average molecular weight is 530 g/mol. The number of hydrogen-bond acceptors (Lipinski definition) is 9. The highest BCUT2D eigenvalue weighted by molar-refractivity contribution is 5.17. The molecule has 6 atom stereocenters. The minimum Gasteiger partial charge on any atom is -0.378 e. The Bertz CT molecular complexity index is 935. The smallest absolute Gasteiger partial charge is 0.186 e. The molecule has 208 valence electrons. The lowest BCUT2D eigenvalue weighted by Gasteiger charge is -2.48. The maximum atomic E-state index is 6.41. The molecule has 3 aliphatic heterocycles. The molecule has 1 unspecified atom stereocenters. The summed E-state index contributed by atoms with van der Waals surface area (Å²) in [5.41, 5.74) is 2.22. The fourth-order valence-corrected chi connectivity index (χ4v) is 5.07. The van der Waals surface area contributed by atoms with Crippen LogP contribution in [0.15, 0.2) is 60.7 Å². The predicted octanol–water partition coefficient (Wildman–Crippen LogP) is 2.79. The maximum Gasteiger partial charge on any atom is 0.186 e. The molecule has 0 aliphatic carbocycles. The number of ether oxygens (including phenoxy) is 8. The Kier molecular flexibility index (Phi) is 10.5. The van der Waals surface area contributed by atoms with Gasteiger partial charge in [-0.1, -0.05) is 60.7 Å². The second kappa shape index (κ2) is 14.5. The third-order valence-corrected chi connectivity index (χ3v) is 7.02. The first-order chi connectivity index (χ1) is 18.8. The molecule has 5 rings (SSSR count). The molecule has 0 saturated carbocycles. The van der Waals surface area contributed by atoms with E-state index in [1.165, 1.54) is 5.56 Å². The Morgan fingerprint density at radius 2 is 1.37 bits per heavy atom. The van der Waals surface area contributed by atoms with Crippen molar-refractivity contribution in [2.24, 2.45) is 0 Å². The van der Waals surface area contributed by atoms with Crippen LogP contribution in [0.25, 0.3) is 0 Å². The van der Waals surface area contributed by atoms with Gasteiger partial charge < -0.3 is 37.9 Å². The van der Waals surface area contributed by atoms with Crippen molar-refractivity contribution in [1.82, 2.24) is 4.90 Å². The van der Waals surface area contributed by atoms with Crippen molar-refractivity contribution in [3.05, 3.63) is 71.8 Å². The van der Waals surface area contributed by atoms with Crippen LogP contribution >= 0.6 is 0 Å². The zero-order chi connectivity index (χ0) is 26.0. The minimum atomic E-state index is -0.611. The molecule has 0 amide bonds. The van der Waals surface area contributed by atoms with E-state index in [-0.39, 0.29) is 12.2 Å². The molecule has 0 N–H and O–H groups in total. The third kappa shape index (κ3) is 7.38. The molecule has 3 heterocycles. The Morgan fingerprint density at radius 1 is 0.711 bits per heavy atom. The highest BCUT2D eigenvalue weighted by Gasteiger charge is 2.51. The second-order valence-corrected chi connectivity index (χ2v) is 9.61. The first-order valence-corrected chi connectivity index (χ1v) is 13.5. The Morgan fingerprint density at radius 3 is 2.05 bits per heavy atom. The monoisotopic (exact) mass is 529 g/mol. The van der Waals surface area contributed by atoms with E-state index in [1.54, 1.807) is 7.11 Å². The predicted molar refractivity (Wildman–Crippen MR) is 139 cm³/mol. The van der Waals surface area contributed by atoms with E-state index in [4.69, 9.17) is 37.9 Å². The van der Waals surface area contributed by atoms with E-state index in [0.29, 0.717) is 46.2 Å². The molecule has 0 aromatic heterocycles. The van der Waals surface area contributed by atoms with Gasteiger partial charge in [-0.25, -0.2) is 0 Å². The van der Waals surface area contributed by atoms with Crippen molar-refractivity contribution in [3.63, 3.8) is 0 Å². The number of rotatable bonds is 4. The van der Waals surface area contributed by atoms with Crippen LogP contribution in [-0.4, -0.2) is 102 Å². The van der Waals surface area contributed by atoms with Crippen molar-refractivity contribution in [2.75, 3.05) is 66.4 Å². The van der Waals surface area contributed by atoms with Crippen molar-refractivity contribution < 1.29 is 37.9 Å². The number of fused-ring (bicyclic) bond motifs is 3. The van der Waals surface area contributed by atoms with Crippen LogP contribution in [0.4, 0.5) is 0 Å². The van der Waals surface area contributed by atoms with E-state index in [2.05, 4.69) is 29.2 Å². The summed E-state index contributed by atoms with van der Waals surface area (Å²) in [6.45, 7) is 5.77. The first kappa shape index (κ1) is 27.6. The summed E-state index contributed by atoms with van der Waals surface area (Å²) in [4.78, 5) is 2.34. The lowest BCUT2D eigenvalue weighted by atomic mass is 9.97. The molecule has 3 saturated heterocycles. The van der Waals surface area contributed by atoms with Gasteiger partial charge in [-0.15, -0.1) is 0 Å². The van der Waals surface area contributed by atoms with Crippen LogP contribution in [0, 0.1) is 0 Å². The summed E-state index contributed by atoms with van der Waals surface area (Å²) in [6.07, 6.45) is -2.74. The topological polar surface area (TPSA) is 77.1 Å². The normalized spacial score (nSPS) is 32.3. The van der Waals surface area contributed by atoms with Gasteiger partial charge in [-0.2, -0.15) is 0 Å². The molecular formula is C29H39NO8. The van der Waals surface area contributed by atoms with Gasteiger partial charge in [0, 0.05) is 32.3 Å². The molecule has 3 fully saturated rings. The van der Waals surface area contributed by atoms with Crippen molar-refractivity contribution in [2.45, 2.75) is 43.5 Å². The van der Waals surface area contributed by atoms with Gasteiger partial charge in [0.25, 0.3) is 0 Å². The Hall–Kier alpha value is -1.92. The van der Waals surface area contributed by atoms with Gasteiger partial charge in [0.15, 0.2) is 12.6 Å².